The van der Waals surface area contributed by atoms with Crippen LogP contribution in [-0.2, 0) is 17.6 Å². The molecule has 2 atom stereocenters. The molecule has 2 heterocycles. The zero-order valence-corrected chi connectivity index (χ0v) is 17.5. The maximum Gasteiger partial charge on any atom is 0.225 e. The number of benzene rings is 1. The van der Waals surface area contributed by atoms with E-state index in [0.717, 1.165) is 69.4 Å². The van der Waals surface area contributed by atoms with E-state index >= 15 is 0 Å². The third-order valence-electron chi connectivity index (χ3n) is 5.58. The minimum atomic E-state index is -0.436. The van der Waals surface area contributed by atoms with Gasteiger partial charge in [-0.1, -0.05) is 41.8 Å². The number of aryl methyl sites for hydroxylation is 1. The van der Waals surface area contributed by atoms with E-state index in [-0.39, 0.29) is 11.8 Å². The van der Waals surface area contributed by atoms with Gasteiger partial charge in [-0.15, -0.1) is 10.2 Å². The molecule has 7 nitrogen and oxygen atoms in total. The lowest BCUT2D eigenvalue weighted by atomic mass is 9.96. The molecule has 1 aromatic carbocycles. The van der Waals surface area contributed by atoms with Gasteiger partial charge in [-0.25, -0.2) is 0 Å². The van der Waals surface area contributed by atoms with Crippen molar-refractivity contribution in [2.45, 2.75) is 63.9 Å². The number of aromatic nitrogens is 4. The fourth-order valence-electron chi connectivity index (χ4n) is 3.95. The molecule has 3 rings (SSSR count). The number of nitrogens with zero attached hydrogens (tertiary/aromatic N) is 4. The van der Waals surface area contributed by atoms with Crippen LogP contribution in [-0.4, -0.2) is 55.7 Å². The van der Waals surface area contributed by atoms with Gasteiger partial charge < -0.3 is 10.0 Å². The van der Waals surface area contributed by atoms with Gasteiger partial charge in [-0.05, 0) is 56.2 Å². The second-order valence-electron chi connectivity index (χ2n) is 7.87. The van der Waals surface area contributed by atoms with Crippen molar-refractivity contribution in [1.82, 2.24) is 25.5 Å². The van der Waals surface area contributed by atoms with E-state index in [1.165, 1.54) is 0 Å². The molecule has 1 aromatic heterocycles. The van der Waals surface area contributed by atoms with Crippen molar-refractivity contribution < 1.29 is 9.90 Å². The summed E-state index contributed by atoms with van der Waals surface area (Å²) in [5.74, 6) is 1.08. The zero-order chi connectivity index (χ0) is 20.5. The number of aromatic amines is 1. The number of carbonyl (C=O) groups excluding carboxylic acids is 1. The van der Waals surface area contributed by atoms with Crippen LogP contribution in [0.15, 0.2) is 24.3 Å². The summed E-state index contributed by atoms with van der Waals surface area (Å²) in [6.45, 7) is 1.68. The molecule has 0 radical (unpaired) electrons. The van der Waals surface area contributed by atoms with Crippen LogP contribution in [0.4, 0.5) is 0 Å². The predicted octanol–water partition coefficient (Wildman–Crippen LogP) is 3.19. The fourth-order valence-corrected chi connectivity index (χ4v) is 4.17. The number of tetrazole rings is 1. The number of rotatable bonds is 12. The van der Waals surface area contributed by atoms with E-state index in [0.29, 0.717) is 17.9 Å². The van der Waals surface area contributed by atoms with Gasteiger partial charge in [0.05, 0.1) is 6.10 Å². The molecule has 8 heteroatoms. The molecular weight excluding hydrogens is 390 g/mol. The number of aliphatic hydroxyl groups excluding tert-OH is 1. The lowest BCUT2D eigenvalue weighted by Crippen LogP contribution is -2.28. The summed E-state index contributed by atoms with van der Waals surface area (Å²) in [5.41, 5.74) is 1.03. The predicted molar refractivity (Wildman–Crippen MR) is 111 cm³/mol. The highest BCUT2D eigenvalue weighted by molar-refractivity contribution is 6.30. The highest BCUT2D eigenvalue weighted by Gasteiger charge is 2.31. The van der Waals surface area contributed by atoms with Crippen molar-refractivity contribution in [2.24, 2.45) is 5.92 Å². The maximum absolute atomic E-state index is 12.6. The summed E-state index contributed by atoms with van der Waals surface area (Å²) >= 11 is 6.00. The van der Waals surface area contributed by atoms with Crippen LogP contribution in [0.5, 0.6) is 0 Å². The van der Waals surface area contributed by atoms with Crippen LogP contribution >= 0.6 is 11.6 Å². The summed E-state index contributed by atoms with van der Waals surface area (Å²) in [7, 11) is 0. The molecule has 1 fully saturated rings. The summed E-state index contributed by atoms with van der Waals surface area (Å²) in [6.07, 6.45) is 7.57. The van der Waals surface area contributed by atoms with Gasteiger partial charge in [-0.2, -0.15) is 5.21 Å². The monoisotopic (exact) mass is 419 g/mol. The van der Waals surface area contributed by atoms with Crippen molar-refractivity contribution in [3.8, 4) is 0 Å². The van der Waals surface area contributed by atoms with Crippen molar-refractivity contribution in [3.05, 3.63) is 40.7 Å². The van der Waals surface area contributed by atoms with E-state index in [9.17, 15) is 9.90 Å². The molecule has 1 amide bonds. The first kappa shape index (κ1) is 21.7. The highest BCUT2D eigenvalue weighted by atomic mass is 35.5. The second kappa shape index (κ2) is 11.3. The number of halogens is 1. The van der Waals surface area contributed by atoms with Gasteiger partial charge in [0, 0.05) is 30.5 Å². The quantitative estimate of drug-likeness (QED) is 0.515. The lowest BCUT2D eigenvalue weighted by Gasteiger charge is -2.17. The number of aliphatic hydroxyl groups is 1. The summed E-state index contributed by atoms with van der Waals surface area (Å²) < 4.78 is 0. The Morgan fingerprint density at radius 3 is 2.93 bits per heavy atom. The van der Waals surface area contributed by atoms with Crippen LogP contribution in [0, 0.1) is 5.92 Å². The number of hydrogen-bond acceptors (Lipinski definition) is 5. The number of H-pyrrole nitrogens is 1. The van der Waals surface area contributed by atoms with Gasteiger partial charge in [0.2, 0.25) is 5.91 Å². The first-order chi connectivity index (χ1) is 14.1. The molecule has 1 unspecified atom stereocenters. The Morgan fingerprint density at radius 1 is 1.28 bits per heavy atom. The molecule has 0 saturated carbocycles. The zero-order valence-electron chi connectivity index (χ0n) is 16.8. The largest absolute Gasteiger partial charge is 0.393 e. The van der Waals surface area contributed by atoms with E-state index in [1.807, 2.05) is 29.2 Å². The molecule has 2 aromatic rings. The average Bonchev–Trinajstić information content (AvgIpc) is 3.33. The first-order valence-electron chi connectivity index (χ1n) is 10.6. The molecule has 0 bridgehead atoms. The Kier molecular flexibility index (Phi) is 8.43. The minimum Gasteiger partial charge on any atom is -0.393 e. The molecular formula is C21H30ClN5O2. The van der Waals surface area contributed by atoms with Crippen LogP contribution in [0.2, 0.25) is 5.02 Å². The highest BCUT2D eigenvalue weighted by Crippen LogP contribution is 2.25. The minimum absolute atomic E-state index is 0.0576. The van der Waals surface area contributed by atoms with E-state index in [4.69, 9.17) is 11.6 Å². The Labute approximate surface area is 176 Å². The van der Waals surface area contributed by atoms with E-state index in [2.05, 4.69) is 20.6 Å². The third-order valence-corrected chi connectivity index (χ3v) is 5.82. The number of likely N-dealkylation sites (tertiary alicyclic amines) is 1. The maximum atomic E-state index is 12.6. The molecule has 2 N–H and O–H groups in total. The van der Waals surface area contributed by atoms with Gasteiger partial charge >= 0.3 is 0 Å². The summed E-state index contributed by atoms with van der Waals surface area (Å²) in [4.78, 5) is 14.6. The lowest BCUT2D eigenvalue weighted by molar-refractivity contribution is -0.131. The Bertz CT molecular complexity index is 755. The Morgan fingerprint density at radius 2 is 2.14 bits per heavy atom. The standard InChI is InChI=1S/C21H30ClN5O2/c22-18-7-5-6-16(14-18)15-19(28)10-9-17-11-13-27(21(17)29)12-4-2-1-3-8-20-23-25-26-24-20/h5-7,14,17,19,28H,1-4,8-13,15H2,(H,23,24,25,26)/t17?,19-/m0/s1. The second-order valence-corrected chi connectivity index (χ2v) is 8.30. The number of nitrogens with one attached hydrogen (secondary N) is 1. The fraction of sp³-hybridized carbons (Fsp3) is 0.619. The Balaban J connectivity index is 1.28. The van der Waals surface area contributed by atoms with Crippen LogP contribution < -0.4 is 0 Å². The van der Waals surface area contributed by atoms with Gasteiger partial charge in [0.25, 0.3) is 0 Å². The molecule has 1 saturated heterocycles. The number of unbranched alkanes of at least 4 members (excludes halogenated alkanes) is 3. The number of hydrogen-bond donors (Lipinski definition) is 2. The summed E-state index contributed by atoms with van der Waals surface area (Å²) in [5, 5.41) is 24.9. The topological polar surface area (TPSA) is 95.0 Å². The van der Waals surface area contributed by atoms with Gasteiger partial charge in [0.1, 0.15) is 0 Å². The SMILES string of the molecule is O=C1C(CC[C@H](O)Cc2cccc(Cl)c2)CCN1CCCCCCc1nn[nH]n1. The van der Waals surface area contributed by atoms with Crippen LogP contribution in [0.25, 0.3) is 0 Å². The Hall–Kier alpha value is -1.99. The van der Waals surface area contributed by atoms with Gasteiger partial charge in [-0.3, -0.25) is 4.79 Å². The molecule has 29 heavy (non-hydrogen) atoms. The van der Waals surface area contributed by atoms with Crippen LogP contribution in [0.3, 0.4) is 0 Å². The van der Waals surface area contributed by atoms with Crippen molar-refractivity contribution >= 4 is 17.5 Å². The van der Waals surface area contributed by atoms with E-state index in [1.54, 1.807) is 0 Å². The molecule has 0 spiro atoms. The smallest absolute Gasteiger partial charge is 0.225 e. The third kappa shape index (κ3) is 7.08. The van der Waals surface area contributed by atoms with E-state index < -0.39 is 6.10 Å². The average molecular weight is 420 g/mol. The molecule has 158 valence electrons. The summed E-state index contributed by atoms with van der Waals surface area (Å²) in [6, 6.07) is 7.58. The molecule has 1 aliphatic heterocycles. The van der Waals surface area contributed by atoms with Gasteiger partial charge in [0.15, 0.2) is 5.82 Å². The van der Waals surface area contributed by atoms with Crippen molar-refractivity contribution in [2.75, 3.05) is 13.1 Å². The first-order valence-corrected chi connectivity index (χ1v) is 10.9. The number of carbonyl (C=O) groups is 1. The van der Waals surface area contributed by atoms with Crippen molar-refractivity contribution in [3.63, 3.8) is 0 Å². The van der Waals surface area contributed by atoms with Crippen LogP contribution in [0.1, 0.15) is 56.3 Å². The number of amides is 1. The molecule has 1 aliphatic rings. The van der Waals surface area contributed by atoms with Crippen molar-refractivity contribution in [1.29, 1.82) is 0 Å². The normalized spacial score (nSPS) is 17.8. The molecule has 0 aliphatic carbocycles.